The number of H-pyrrole nitrogens is 1. The molecule has 0 aliphatic rings. The van der Waals surface area contributed by atoms with Crippen molar-refractivity contribution in [1.82, 2.24) is 9.97 Å². The lowest BCUT2D eigenvalue weighted by Gasteiger charge is -2.12. The van der Waals surface area contributed by atoms with Crippen LogP contribution >= 0.6 is 11.6 Å². The third-order valence-corrected chi connectivity index (χ3v) is 4.65. The minimum absolute atomic E-state index is 0.105. The molecule has 6 heteroatoms. The minimum atomic E-state index is -0.105. The average Bonchev–Trinajstić information content (AvgIpc) is 3.10. The number of quaternary nitrogens is 1. The molecule has 27 heavy (non-hydrogen) atoms. The number of furan rings is 1. The maximum absolute atomic E-state index is 12.2. The average molecular weight is 381 g/mol. The van der Waals surface area contributed by atoms with Crippen LogP contribution in [0.1, 0.15) is 11.6 Å². The van der Waals surface area contributed by atoms with Crippen LogP contribution in [0.3, 0.4) is 0 Å². The predicted molar refractivity (Wildman–Crippen MR) is 106 cm³/mol. The molecule has 0 bridgehead atoms. The van der Waals surface area contributed by atoms with Gasteiger partial charge >= 0.3 is 0 Å². The summed E-state index contributed by atoms with van der Waals surface area (Å²) in [6, 6.07) is 18.9. The van der Waals surface area contributed by atoms with Crippen molar-refractivity contribution in [3.63, 3.8) is 0 Å². The molecule has 1 unspecified atom stereocenters. The molecule has 2 heterocycles. The molecule has 0 saturated heterocycles. The number of fused-ring (bicyclic) bond motifs is 1. The van der Waals surface area contributed by atoms with Gasteiger partial charge in [0.1, 0.15) is 18.8 Å². The van der Waals surface area contributed by atoms with Gasteiger partial charge in [0.05, 0.1) is 18.0 Å². The van der Waals surface area contributed by atoms with Crippen LogP contribution < -0.4 is 10.5 Å². The van der Waals surface area contributed by atoms with E-state index in [0.29, 0.717) is 34.8 Å². The zero-order chi connectivity index (χ0) is 18.8. The van der Waals surface area contributed by atoms with Crippen LogP contribution in [-0.2, 0) is 13.1 Å². The highest BCUT2D eigenvalue weighted by molar-refractivity contribution is 6.30. The lowest BCUT2D eigenvalue weighted by molar-refractivity contribution is -0.909. The lowest BCUT2D eigenvalue weighted by atomic mass is 10.2. The summed E-state index contributed by atoms with van der Waals surface area (Å²) < 4.78 is 5.96. The van der Waals surface area contributed by atoms with Gasteiger partial charge in [-0.3, -0.25) is 4.79 Å². The van der Waals surface area contributed by atoms with Crippen molar-refractivity contribution in [3.05, 3.63) is 87.6 Å². The Hall–Kier alpha value is -2.89. The van der Waals surface area contributed by atoms with Crippen molar-refractivity contribution in [2.45, 2.75) is 13.1 Å². The zero-order valence-electron chi connectivity index (χ0n) is 14.8. The summed E-state index contributed by atoms with van der Waals surface area (Å²) in [7, 11) is 2.04. The summed E-state index contributed by atoms with van der Waals surface area (Å²) in [5.41, 5.74) is 1.60. The molecule has 0 spiro atoms. The number of halogens is 1. The summed E-state index contributed by atoms with van der Waals surface area (Å²) >= 11 is 5.93. The van der Waals surface area contributed by atoms with Crippen molar-refractivity contribution in [1.29, 1.82) is 0 Å². The number of hydrogen-bond acceptors (Lipinski definition) is 3. The van der Waals surface area contributed by atoms with Gasteiger partial charge in [-0.25, -0.2) is 4.98 Å². The van der Waals surface area contributed by atoms with Gasteiger partial charge in [-0.1, -0.05) is 23.7 Å². The monoisotopic (exact) mass is 380 g/mol. The van der Waals surface area contributed by atoms with Gasteiger partial charge in [-0.2, -0.15) is 0 Å². The fourth-order valence-corrected chi connectivity index (χ4v) is 3.23. The van der Waals surface area contributed by atoms with Gasteiger partial charge in [-0.05, 0) is 48.5 Å². The topological polar surface area (TPSA) is 63.3 Å². The zero-order valence-corrected chi connectivity index (χ0v) is 15.6. The second-order valence-electron chi connectivity index (χ2n) is 6.61. The van der Waals surface area contributed by atoms with Crippen molar-refractivity contribution < 1.29 is 9.32 Å². The maximum atomic E-state index is 12.2. The molecule has 0 fully saturated rings. The van der Waals surface area contributed by atoms with E-state index in [1.165, 1.54) is 0 Å². The van der Waals surface area contributed by atoms with E-state index in [0.717, 1.165) is 22.0 Å². The Morgan fingerprint density at radius 2 is 1.81 bits per heavy atom. The molecule has 1 atom stereocenters. The molecular weight excluding hydrogens is 362 g/mol. The van der Waals surface area contributed by atoms with Gasteiger partial charge in [0.25, 0.3) is 5.56 Å². The molecule has 4 aromatic rings. The molecule has 4 rings (SSSR count). The standard InChI is InChI=1S/C21H18ClN3O2/c1-25(13-20-23-18-5-3-2-4-17(18)21(26)24-20)12-16-10-11-19(27-16)14-6-8-15(22)9-7-14/h2-11H,12-13H2,1H3,(H,23,24,26)/p+1. The summed E-state index contributed by atoms with van der Waals surface area (Å²) in [6.45, 7) is 1.28. The Morgan fingerprint density at radius 1 is 1.04 bits per heavy atom. The SMILES string of the molecule is C[NH+](Cc1nc2ccccc2c(=O)[nH]1)Cc1ccc(-c2ccc(Cl)cc2)o1. The first-order chi connectivity index (χ1) is 13.1. The number of rotatable bonds is 5. The second-order valence-corrected chi connectivity index (χ2v) is 7.05. The van der Waals surface area contributed by atoms with Gasteiger partial charge in [0.15, 0.2) is 11.6 Å². The third kappa shape index (κ3) is 3.94. The summed E-state index contributed by atoms with van der Waals surface area (Å²) in [5.74, 6) is 2.35. The minimum Gasteiger partial charge on any atom is -0.455 e. The molecule has 0 aliphatic heterocycles. The Bertz CT molecular complexity index is 1130. The number of benzene rings is 2. The molecule has 2 aromatic heterocycles. The van der Waals surface area contributed by atoms with E-state index in [-0.39, 0.29) is 5.56 Å². The highest BCUT2D eigenvalue weighted by Crippen LogP contribution is 2.23. The normalized spacial score (nSPS) is 12.4. The fraction of sp³-hybridized carbons (Fsp3) is 0.143. The summed E-state index contributed by atoms with van der Waals surface area (Å²) in [5, 5.41) is 1.31. The first-order valence-corrected chi connectivity index (χ1v) is 9.10. The van der Waals surface area contributed by atoms with E-state index >= 15 is 0 Å². The molecule has 0 saturated carbocycles. The van der Waals surface area contributed by atoms with Gasteiger partial charge in [0.2, 0.25) is 0 Å². The molecule has 0 amide bonds. The first kappa shape index (κ1) is 17.5. The van der Waals surface area contributed by atoms with E-state index in [4.69, 9.17) is 16.0 Å². The Morgan fingerprint density at radius 3 is 2.63 bits per heavy atom. The van der Waals surface area contributed by atoms with Crippen LogP contribution in [0.4, 0.5) is 0 Å². The van der Waals surface area contributed by atoms with Gasteiger partial charge in [-0.15, -0.1) is 0 Å². The van der Waals surface area contributed by atoms with Gasteiger partial charge in [0, 0.05) is 10.6 Å². The number of nitrogens with zero attached hydrogens (tertiary/aromatic N) is 1. The van der Waals surface area contributed by atoms with Crippen molar-refractivity contribution in [2.75, 3.05) is 7.05 Å². The van der Waals surface area contributed by atoms with Crippen LogP contribution in [0, 0.1) is 0 Å². The van der Waals surface area contributed by atoms with Crippen molar-refractivity contribution in [2.24, 2.45) is 0 Å². The Labute approximate surface area is 161 Å². The number of aromatic nitrogens is 2. The van der Waals surface area contributed by atoms with E-state index < -0.39 is 0 Å². The smallest absolute Gasteiger partial charge is 0.258 e. The van der Waals surface area contributed by atoms with E-state index in [1.54, 1.807) is 6.07 Å². The Kier molecular flexibility index (Phi) is 4.79. The summed E-state index contributed by atoms with van der Waals surface area (Å²) in [6.07, 6.45) is 0. The highest BCUT2D eigenvalue weighted by atomic mass is 35.5. The molecule has 5 nitrogen and oxygen atoms in total. The number of para-hydroxylation sites is 1. The fourth-order valence-electron chi connectivity index (χ4n) is 3.11. The number of hydrogen-bond donors (Lipinski definition) is 2. The summed E-state index contributed by atoms with van der Waals surface area (Å²) in [4.78, 5) is 20.8. The largest absolute Gasteiger partial charge is 0.455 e. The molecule has 136 valence electrons. The van der Waals surface area contributed by atoms with Crippen molar-refractivity contribution >= 4 is 22.5 Å². The quantitative estimate of drug-likeness (QED) is 0.559. The number of aromatic amines is 1. The predicted octanol–water partition coefficient (Wildman–Crippen LogP) is 3.05. The van der Waals surface area contributed by atoms with E-state index in [2.05, 4.69) is 9.97 Å². The molecule has 2 N–H and O–H groups in total. The molecule has 2 aromatic carbocycles. The molecule has 0 aliphatic carbocycles. The lowest BCUT2D eigenvalue weighted by Crippen LogP contribution is -3.06. The third-order valence-electron chi connectivity index (χ3n) is 4.40. The van der Waals surface area contributed by atoms with Crippen LogP contribution in [0.5, 0.6) is 0 Å². The highest BCUT2D eigenvalue weighted by Gasteiger charge is 2.12. The molecular formula is C21H19ClN3O2+. The van der Waals surface area contributed by atoms with Crippen molar-refractivity contribution in [3.8, 4) is 11.3 Å². The van der Waals surface area contributed by atoms with Crippen LogP contribution in [0.25, 0.3) is 22.2 Å². The van der Waals surface area contributed by atoms with Crippen LogP contribution in [0.2, 0.25) is 5.02 Å². The Balaban J connectivity index is 1.48. The van der Waals surface area contributed by atoms with E-state index in [9.17, 15) is 4.79 Å². The van der Waals surface area contributed by atoms with Gasteiger partial charge < -0.3 is 14.3 Å². The molecule has 0 radical (unpaired) electrons. The van der Waals surface area contributed by atoms with Crippen LogP contribution in [0.15, 0.2) is 69.9 Å². The van der Waals surface area contributed by atoms with E-state index in [1.807, 2.05) is 61.6 Å². The number of nitrogens with one attached hydrogen (secondary N) is 2. The second kappa shape index (κ2) is 7.39. The first-order valence-electron chi connectivity index (χ1n) is 8.72. The van der Waals surface area contributed by atoms with Crippen LogP contribution in [-0.4, -0.2) is 17.0 Å². The maximum Gasteiger partial charge on any atom is 0.258 e.